The van der Waals surface area contributed by atoms with Gasteiger partial charge >= 0.3 is 5.97 Å². The molecule has 46 heavy (non-hydrogen) atoms. The molecular weight excluding hydrogens is 592 g/mol. The van der Waals surface area contributed by atoms with Crippen LogP contribution >= 0.6 is 0 Å². The summed E-state index contributed by atoms with van der Waals surface area (Å²) in [7, 11) is 0. The van der Waals surface area contributed by atoms with Gasteiger partial charge < -0.3 is 52.8 Å². The Morgan fingerprint density at radius 3 is 1.93 bits per heavy atom. The highest BCUT2D eigenvalue weighted by Gasteiger charge is 2.18. The molecule has 12 heteroatoms. The number of quaternary nitrogens is 2. The molecule has 0 unspecified atom stereocenters. The number of nitrogens with two attached hydrogens (primary N) is 1. The van der Waals surface area contributed by atoms with Crippen LogP contribution in [0.5, 0.6) is 0 Å². The average molecular weight is 652 g/mol. The molecule has 262 valence electrons. The maximum Gasteiger partial charge on any atom is 0.303 e. The zero-order valence-corrected chi connectivity index (χ0v) is 27.4. The minimum absolute atomic E-state index is 0.0530. The summed E-state index contributed by atoms with van der Waals surface area (Å²) >= 11 is 0. The molecule has 0 aliphatic carbocycles. The van der Waals surface area contributed by atoms with Gasteiger partial charge in [0.1, 0.15) is 0 Å². The largest absolute Gasteiger partial charge is 0.548 e. The first-order valence-electron chi connectivity index (χ1n) is 16.1. The number of nitrogens with one attached hydrogen (secondary N) is 1. The fourth-order valence-electron chi connectivity index (χ4n) is 3.66. The van der Waals surface area contributed by atoms with Crippen LogP contribution in [0.25, 0.3) is 0 Å². The molecule has 1 amide bonds. The van der Waals surface area contributed by atoms with Crippen molar-refractivity contribution in [2.45, 2.75) is 108 Å². The van der Waals surface area contributed by atoms with Gasteiger partial charge in [-0.25, -0.2) is 0 Å². The van der Waals surface area contributed by atoms with Crippen molar-refractivity contribution < 1.29 is 51.4 Å². The molecule has 0 radical (unpaired) electrons. The first kappa shape index (κ1) is 44.7. The molecule has 0 rings (SSSR count). The third kappa shape index (κ3) is 29.3. The van der Waals surface area contributed by atoms with Gasteiger partial charge in [-0.05, 0) is 64.2 Å². The highest BCUT2D eigenvalue weighted by molar-refractivity contribution is 5.86. The number of carbonyl (C=O) groups is 3. The highest BCUT2D eigenvalue weighted by Crippen LogP contribution is 2.04. The maximum atomic E-state index is 11.7. The summed E-state index contributed by atoms with van der Waals surface area (Å²) in [5.74, 6) is -2.55. The summed E-state index contributed by atoms with van der Waals surface area (Å²) in [6, 6.07) is -1.63. The fourth-order valence-corrected chi connectivity index (χ4v) is 3.66. The lowest BCUT2D eigenvalue weighted by atomic mass is 10.1. The van der Waals surface area contributed by atoms with Gasteiger partial charge in [-0.1, -0.05) is 79.8 Å². The van der Waals surface area contributed by atoms with Gasteiger partial charge in [0.05, 0.1) is 49.5 Å². The van der Waals surface area contributed by atoms with Gasteiger partial charge in [-0.3, -0.25) is 9.59 Å². The van der Waals surface area contributed by atoms with Crippen LogP contribution in [-0.2, 0) is 14.4 Å². The van der Waals surface area contributed by atoms with E-state index in [0.29, 0.717) is 32.1 Å². The van der Waals surface area contributed by atoms with Crippen LogP contribution in [-0.4, -0.2) is 81.8 Å². The van der Waals surface area contributed by atoms with Gasteiger partial charge in [0.2, 0.25) is 5.91 Å². The van der Waals surface area contributed by atoms with Crippen molar-refractivity contribution in [3.8, 4) is 0 Å². The zero-order valence-electron chi connectivity index (χ0n) is 27.4. The summed E-state index contributed by atoms with van der Waals surface area (Å²) in [6.45, 7) is 3.60. The van der Waals surface area contributed by atoms with Crippen LogP contribution in [0.4, 0.5) is 0 Å². The van der Waals surface area contributed by atoms with E-state index in [9.17, 15) is 34.8 Å². The minimum Gasteiger partial charge on any atom is -0.548 e. The van der Waals surface area contributed by atoms with Gasteiger partial charge in [-0.15, -0.1) is 0 Å². The third-order valence-corrected chi connectivity index (χ3v) is 6.39. The van der Waals surface area contributed by atoms with Gasteiger partial charge in [0.25, 0.3) is 0 Å². The van der Waals surface area contributed by atoms with Crippen LogP contribution in [0.1, 0.15) is 77.6 Å². The van der Waals surface area contributed by atoms with Crippen molar-refractivity contribution in [3.05, 3.63) is 72.9 Å². The van der Waals surface area contributed by atoms with Crippen LogP contribution in [0, 0.1) is 0 Å². The Bertz CT molecular complexity index is 978. The lowest BCUT2D eigenvalue weighted by Crippen LogP contribution is -2.53. The van der Waals surface area contributed by atoms with E-state index in [1.807, 2.05) is 19.1 Å². The highest BCUT2D eigenvalue weighted by atomic mass is 16.4. The minimum atomic E-state index is -1.26. The Morgan fingerprint density at radius 2 is 1.37 bits per heavy atom. The van der Waals surface area contributed by atoms with Crippen LogP contribution in [0.3, 0.4) is 0 Å². The Kier molecular flexibility index (Phi) is 30.7. The van der Waals surface area contributed by atoms with Crippen LogP contribution in [0.15, 0.2) is 72.9 Å². The Labute approximate surface area is 274 Å². The number of carbonyl (C=O) groups excluding carboxylic acids is 2. The lowest BCUT2D eigenvalue weighted by Gasteiger charge is -2.21. The third-order valence-electron chi connectivity index (χ3n) is 6.39. The summed E-state index contributed by atoms with van der Waals surface area (Å²) in [4.78, 5) is 33.0. The molecular formula is C34H59N4O8+. The number of aliphatic hydroxyl groups is 3. The first-order chi connectivity index (χ1) is 22.0. The number of carboxylic acid groups (broad SMARTS) is 2. The topological polar surface area (TPSA) is 249 Å². The predicted molar refractivity (Wildman–Crippen MR) is 177 cm³/mol. The molecule has 0 saturated carbocycles. The van der Waals surface area contributed by atoms with E-state index >= 15 is 0 Å². The molecule has 0 aromatic heterocycles. The number of aliphatic hydroxyl groups excluding tert-OH is 3. The van der Waals surface area contributed by atoms with E-state index in [1.54, 1.807) is 54.7 Å². The number of hydrogen-bond donors (Lipinski definition) is 8. The predicted octanol–water partition coefficient (Wildman–Crippen LogP) is -0.166. The molecule has 0 heterocycles. The number of amides is 1. The Morgan fingerprint density at radius 1 is 0.804 bits per heavy atom. The van der Waals surface area contributed by atoms with E-state index in [-0.39, 0.29) is 12.8 Å². The standard InChI is InChI=1S/C22H32O5.C12H26N4O3/c1-2-3-9-14-19(23)15-10-6-4-5-7-11-16-20(24)21(25)17-12-8-13-18-22(26)27;13-7-3-1-5-9(15)11(17)16-10(12(18)19)6-2-4-8-14/h3-12,15-16,19-21,23-25H,2,13-14,17-18H2,1H3,(H,26,27);9-10H,1-8,13-15H2,(H,16,17)(H,18,19)/p+1/b6-4-,7-5+,9-3-,12-8-,15-10+,16-11+;/t19-,20-,21+;9-,10-/m10/s1. The van der Waals surface area contributed by atoms with Crippen molar-refractivity contribution >= 4 is 17.8 Å². The second-order valence-corrected chi connectivity index (χ2v) is 10.6. The smallest absolute Gasteiger partial charge is 0.303 e. The number of aliphatic carboxylic acids is 2. The zero-order chi connectivity index (χ0) is 35.0. The van der Waals surface area contributed by atoms with Crippen molar-refractivity contribution in [2.75, 3.05) is 13.1 Å². The number of rotatable bonds is 25. The van der Waals surface area contributed by atoms with Crippen molar-refractivity contribution in [3.63, 3.8) is 0 Å². The maximum absolute atomic E-state index is 11.7. The lowest BCUT2D eigenvalue weighted by molar-refractivity contribution is -0.369. The summed E-state index contributed by atoms with van der Waals surface area (Å²) in [5.41, 5.74) is 13.1. The van der Waals surface area contributed by atoms with Gasteiger partial charge in [0.15, 0.2) is 0 Å². The first-order valence-corrected chi connectivity index (χ1v) is 16.1. The van der Waals surface area contributed by atoms with E-state index in [4.69, 9.17) is 10.8 Å². The fraction of sp³-hybridized carbons (Fsp3) is 0.559. The van der Waals surface area contributed by atoms with Crippen LogP contribution in [0.2, 0.25) is 0 Å². The van der Waals surface area contributed by atoms with Crippen molar-refractivity contribution in [2.24, 2.45) is 5.73 Å². The van der Waals surface area contributed by atoms with Crippen molar-refractivity contribution in [1.29, 1.82) is 0 Å². The number of hydrogen-bond acceptors (Lipinski definition) is 8. The van der Waals surface area contributed by atoms with E-state index < -0.39 is 48.2 Å². The van der Waals surface area contributed by atoms with Gasteiger partial charge in [-0.2, -0.15) is 0 Å². The van der Waals surface area contributed by atoms with E-state index in [0.717, 1.165) is 38.8 Å². The molecule has 0 aliphatic rings. The molecule has 5 atom stereocenters. The molecule has 0 aliphatic heterocycles. The van der Waals surface area contributed by atoms with Crippen molar-refractivity contribution in [1.82, 2.24) is 5.32 Å². The quantitative estimate of drug-likeness (QED) is 0.0370. The number of carboxylic acids is 2. The molecule has 0 aromatic carbocycles. The normalized spacial score (nSPS) is 15.5. The van der Waals surface area contributed by atoms with Crippen LogP contribution < -0.4 is 27.6 Å². The van der Waals surface area contributed by atoms with E-state index in [2.05, 4.69) is 16.8 Å². The summed E-state index contributed by atoms with van der Waals surface area (Å²) in [6.07, 6.45) is 25.0. The number of unbranched alkanes of at least 4 members (excludes halogenated alkanes) is 2. The Balaban J connectivity index is 0. The second kappa shape index (κ2) is 31.6. The average Bonchev–Trinajstić information content (AvgIpc) is 3.01. The summed E-state index contributed by atoms with van der Waals surface area (Å²) in [5, 5.41) is 51.1. The molecule has 0 spiro atoms. The second-order valence-electron chi connectivity index (χ2n) is 10.6. The summed E-state index contributed by atoms with van der Waals surface area (Å²) < 4.78 is 0. The molecule has 13 N–H and O–H groups in total. The molecule has 0 aromatic rings. The monoisotopic (exact) mass is 651 g/mol. The SMILES string of the molecule is CC/C=C\C[C@@H](O)/C=C/C=C\C=C\C=C\[C@@H](O)[C@@H](O)C/C=C\CCC(=O)O.N[C@@H](CCCC[NH3+])C(=O)N[C@@H](CCCC[NH3+])C(=O)[O-]. The molecule has 12 nitrogen and oxygen atoms in total. The van der Waals surface area contributed by atoms with E-state index in [1.165, 1.54) is 6.08 Å². The van der Waals surface area contributed by atoms with Gasteiger partial charge in [0, 0.05) is 6.42 Å². The number of allylic oxidation sites excluding steroid dienone is 8. The molecule has 0 fully saturated rings. The molecule has 0 bridgehead atoms. The molecule has 0 saturated heterocycles. The Hall–Kier alpha value is -3.39.